The average Bonchev–Trinajstić information content (AvgIpc) is 0. The predicted octanol–water partition coefficient (Wildman–Crippen LogP) is -3.71. The van der Waals surface area contributed by atoms with Crippen LogP contribution >= 0.6 is 0 Å². The minimum atomic E-state index is 0. The first kappa shape index (κ1) is 138. The summed E-state index contributed by atoms with van der Waals surface area (Å²) in [6, 6.07) is 0. The topological polar surface area (TPSA) is 120 Å². The predicted molar refractivity (Wildman–Crippen MR) is 7.74 cm³/mol. The molecule has 4 nitrogen and oxygen atoms in total. The zero-order valence-electron chi connectivity index (χ0n) is 3.59. The third-order valence-electron chi connectivity index (χ3n) is 0. The van der Waals surface area contributed by atoms with E-state index in [0.29, 0.717) is 0 Å². The fraction of sp³-hybridized carbons (Fsp3) is 0. The van der Waals surface area contributed by atoms with Crippen molar-refractivity contribution in [3.8, 4) is 0 Å². The van der Waals surface area contributed by atoms with Gasteiger partial charge >= 0.3 is 46.6 Å². The average molecular weight is 202 g/mol. The van der Waals surface area contributed by atoms with Crippen LogP contribution in [0.15, 0.2) is 0 Å². The maximum absolute atomic E-state index is 0. The molecule has 7 heteroatoms. The molecule has 0 aromatic rings. The monoisotopic (exact) mass is 202 g/mol. The van der Waals surface area contributed by atoms with E-state index in [2.05, 4.69) is 0 Å². The van der Waals surface area contributed by atoms with Crippen molar-refractivity contribution in [2.75, 3.05) is 0 Å². The van der Waals surface area contributed by atoms with Gasteiger partial charge in [-0.15, -0.1) is 0 Å². The minimum absolute atomic E-state index is 0. The molecule has 0 amide bonds. The summed E-state index contributed by atoms with van der Waals surface area (Å²) in [6.45, 7) is 0. The van der Waals surface area contributed by atoms with Gasteiger partial charge in [-0.25, -0.2) is 0 Å². The van der Waals surface area contributed by atoms with E-state index in [4.69, 9.17) is 0 Å². The van der Waals surface area contributed by atoms with Gasteiger partial charge in [0, 0.05) is 21.7 Å². The summed E-state index contributed by atoms with van der Waals surface area (Å²) in [6.07, 6.45) is 0. The van der Waals surface area contributed by atoms with Crippen LogP contribution in [0.25, 0.3) is 0 Å². The SMILES string of the molecule is [Cu+].[Na+].[OH-].[OH-].[OH-].[OH-].[Ti]. The molecule has 0 aromatic heterocycles. The Morgan fingerprint density at radius 2 is 0.571 bits per heavy atom. The van der Waals surface area contributed by atoms with E-state index in [-0.39, 0.29) is 90.2 Å². The van der Waals surface area contributed by atoms with Gasteiger partial charge in [0.1, 0.15) is 0 Å². The van der Waals surface area contributed by atoms with Crippen LogP contribution in [0.1, 0.15) is 0 Å². The number of rotatable bonds is 0. The summed E-state index contributed by atoms with van der Waals surface area (Å²) in [5.41, 5.74) is 0. The maximum Gasteiger partial charge on any atom is 1.00 e. The summed E-state index contributed by atoms with van der Waals surface area (Å²) in [7, 11) is 0. The van der Waals surface area contributed by atoms with Crippen molar-refractivity contribution in [1.29, 1.82) is 0 Å². The molecular weight excluding hydrogens is 198 g/mol. The Hall–Kier alpha value is 2.07. The van der Waals surface area contributed by atoms with Crippen molar-refractivity contribution < 1.29 is 90.2 Å². The molecule has 0 aliphatic heterocycles. The Morgan fingerprint density at radius 3 is 0.571 bits per heavy atom. The van der Waals surface area contributed by atoms with Gasteiger partial charge in [-0.2, -0.15) is 0 Å². The first-order valence-corrected chi connectivity index (χ1v) is 0. The fourth-order valence-electron chi connectivity index (χ4n) is 0. The van der Waals surface area contributed by atoms with Gasteiger partial charge in [0.2, 0.25) is 0 Å². The molecule has 0 unspecified atom stereocenters. The molecule has 0 saturated heterocycles. The third-order valence-corrected chi connectivity index (χ3v) is 0. The van der Waals surface area contributed by atoms with Gasteiger partial charge in [0.05, 0.1) is 0 Å². The normalized spacial score (nSPS) is 0. The second-order valence-electron chi connectivity index (χ2n) is 0. The summed E-state index contributed by atoms with van der Waals surface area (Å²) in [5.74, 6) is 0. The van der Waals surface area contributed by atoms with Crippen molar-refractivity contribution in [1.82, 2.24) is 0 Å². The summed E-state index contributed by atoms with van der Waals surface area (Å²) < 4.78 is 0. The molecule has 46 valence electrons. The molecule has 0 bridgehead atoms. The molecule has 0 aliphatic carbocycles. The van der Waals surface area contributed by atoms with E-state index in [0.717, 1.165) is 0 Å². The van der Waals surface area contributed by atoms with Crippen molar-refractivity contribution in [3.05, 3.63) is 0 Å². The van der Waals surface area contributed by atoms with Crippen molar-refractivity contribution in [2.24, 2.45) is 0 Å². The largest absolute Gasteiger partial charge is 1.00 e. The van der Waals surface area contributed by atoms with Crippen LogP contribution in [0.4, 0.5) is 0 Å². The molecule has 0 aromatic carbocycles. The zero-order chi connectivity index (χ0) is 0. The molecule has 0 rings (SSSR count). The van der Waals surface area contributed by atoms with Crippen LogP contribution in [0.2, 0.25) is 0 Å². The second kappa shape index (κ2) is 93.9. The van der Waals surface area contributed by atoms with Crippen LogP contribution < -0.4 is 29.6 Å². The molecule has 4 N–H and O–H groups in total. The van der Waals surface area contributed by atoms with Crippen molar-refractivity contribution in [3.63, 3.8) is 0 Å². The Kier molecular flexibility index (Phi) is 1850. The first-order chi connectivity index (χ1) is 0. The Bertz CT molecular complexity index is 11.7. The molecule has 0 aliphatic rings. The van der Waals surface area contributed by atoms with E-state index in [1.54, 1.807) is 0 Å². The first-order valence-electron chi connectivity index (χ1n) is 0. The van der Waals surface area contributed by atoms with E-state index in [1.807, 2.05) is 0 Å². The zero-order valence-corrected chi connectivity index (χ0v) is 8.09. The second-order valence-corrected chi connectivity index (χ2v) is 0. The summed E-state index contributed by atoms with van der Waals surface area (Å²) in [4.78, 5) is 0. The Labute approximate surface area is 89.3 Å². The van der Waals surface area contributed by atoms with Gasteiger partial charge in [-0.1, -0.05) is 0 Å². The van der Waals surface area contributed by atoms with Gasteiger partial charge in [-0.05, 0) is 0 Å². The van der Waals surface area contributed by atoms with E-state index >= 15 is 0 Å². The molecule has 0 spiro atoms. The number of hydrogen-bond acceptors (Lipinski definition) is 4. The Balaban J connectivity index is 0. The van der Waals surface area contributed by atoms with Crippen LogP contribution in [0.5, 0.6) is 0 Å². The van der Waals surface area contributed by atoms with Gasteiger partial charge in [-0.3, -0.25) is 0 Å². The number of hydrogen-bond donors (Lipinski definition) is 0. The quantitative estimate of drug-likeness (QED) is 0.375. The minimum Gasteiger partial charge on any atom is -0.870 e. The summed E-state index contributed by atoms with van der Waals surface area (Å²) in [5, 5.41) is 0. The third kappa shape index (κ3) is 69.3. The van der Waals surface area contributed by atoms with Gasteiger partial charge < -0.3 is 21.9 Å². The molecule has 0 saturated carbocycles. The van der Waals surface area contributed by atoms with Crippen LogP contribution in [0.3, 0.4) is 0 Å². The van der Waals surface area contributed by atoms with Crippen molar-refractivity contribution in [2.45, 2.75) is 0 Å². The Morgan fingerprint density at radius 1 is 0.571 bits per heavy atom. The van der Waals surface area contributed by atoms with Gasteiger partial charge in [0.15, 0.2) is 0 Å². The van der Waals surface area contributed by atoms with Crippen LogP contribution in [0, 0.1) is 0 Å². The maximum atomic E-state index is 0. The molecule has 0 radical (unpaired) electrons. The van der Waals surface area contributed by atoms with E-state index in [1.165, 1.54) is 0 Å². The van der Waals surface area contributed by atoms with Gasteiger partial charge in [0.25, 0.3) is 0 Å². The smallest absolute Gasteiger partial charge is 0.870 e. The van der Waals surface area contributed by atoms with Crippen LogP contribution in [-0.2, 0) is 38.8 Å². The van der Waals surface area contributed by atoms with E-state index < -0.39 is 0 Å². The van der Waals surface area contributed by atoms with E-state index in [9.17, 15) is 0 Å². The fourth-order valence-corrected chi connectivity index (χ4v) is 0. The molecule has 0 heterocycles. The molecule has 7 heavy (non-hydrogen) atoms. The van der Waals surface area contributed by atoms with Crippen molar-refractivity contribution >= 4 is 0 Å². The van der Waals surface area contributed by atoms with Crippen LogP contribution in [-0.4, -0.2) is 21.9 Å². The standard InChI is InChI=1S/Cu.Na.4H2O.Ti/h;;4*1H2;/q2*+1;;;;;/p-4. The summed E-state index contributed by atoms with van der Waals surface area (Å²) >= 11 is 0. The molecular formula is H4CuNaO4Ti-2. The molecule has 0 fully saturated rings. The molecule has 0 atom stereocenters.